The van der Waals surface area contributed by atoms with Gasteiger partial charge < -0.3 is 79.4 Å². The molecule has 0 aliphatic carbocycles. The zero-order valence-corrected chi connectivity index (χ0v) is 58.7. The molecule has 28 heteroatoms. The van der Waals surface area contributed by atoms with E-state index in [9.17, 15) is 53.4 Å². The molecule has 0 unspecified atom stereocenters. The van der Waals surface area contributed by atoms with Crippen molar-refractivity contribution >= 4 is 98.3 Å². The summed E-state index contributed by atoms with van der Waals surface area (Å²) in [5.41, 5.74) is 14.8. The second-order valence-corrected chi connectivity index (χ2v) is 26.8. The van der Waals surface area contributed by atoms with Crippen molar-refractivity contribution in [3.63, 3.8) is 0 Å². The first-order valence-corrected chi connectivity index (χ1v) is 34.8. The molecule has 1 aliphatic heterocycles. The fraction of sp³-hybridized carbons (Fsp3) is 0.387. The fourth-order valence-corrected chi connectivity index (χ4v) is 12.5. The van der Waals surface area contributed by atoms with Crippen LogP contribution in [0, 0.1) is 5.92 Å². The van der Waals surface area contributed by atoms with E-state index >= 15 is 9.59 Å². The third-order valence-electron chi connectivity index (χ3n) is 17.8. The first kappa shape index (κ1) is 78.0. The molecule has 27 nitrogen and oxygen atoms in total. The SMILES string of the molecule is CC(=O)N[C@H](Cc1ccc2ccccc2c1)C(=O)N[C@H](Cc1ccc(Cl)cc1)C(=O)N[C@H](Cc1cccnc1)C(=O)N[C@@H](CO)C(=O)N[C@@H](Cc1ccc(O)cc1)C(=O)N[C@H](CCCCN)C(=O)N[C@@H](Cc1c[nH]c2ccccc12)C(=O)N[C@@H](CC(C)C)C(=O)N1CCC[C@H]1C(=O)N[C@H](C)C(N)=O. The molecule has 5 aromatic carbocycles. The van der Waals surface area contributed by atoms with Crippen LogP contribution in [-0.2, 0) is 84.8 Å². The number of phenolic OH excluding ortho intramolecular Hbond substituents is 1. The Hall–Kier alpha value is -10.8. The van der Waals surface area contributed by atoms with Gasteiger partial charge in [-0.05, 0) is 133 Å². The van der Waals surface area contributed by atoms with E-state index in [1.54, 1.807) is 48.7 Å². The molecule has 546 valence electrons. The number of aromatic amines is 1. The normalized spacial score (nSPS) is 15.4. The highest BCUT2D eigenvalue weighted by atomic mass is 35.5. The average Bonchev–Trinajstić information content (AvgIpc) is 1.74. The van der Waals surface area contributed by atoms with E-state index < -0.39 is 132 Å². The van der Waals surface area contributed by atoms with Gasteiger partial charge in [0.1, 0.15) is 66.2 Å². The maximum Gasteiger partial charge on any atom is 0.245 e. The van der Waals surface area contributed by atoms with E-state index in [0.717, 1.165) is 21.7 Å². The fourth-order valence-electron chi connectivity index (χ4n) is 12.3. The van der Waals surface area contributed by atoms with E-state index in [1.807, 2.05) is 74.5 Å². The Kier molecular flexibility index (Phi) is 28.6. The van der Waals surface area contributed by atoms with Gasteiger partial charge in [0.2, 0.25) is 65.0 Å². The van der Waals surface area contributed by atoms with Crippen LogP contribution in [0.3, 0.4) is 0 Å². The maximum atomic E-state index is 15.0. The predicted molar refractivity (Wildman–Crippen MR) is 387 cm³/mol. The number of halogens is 1. The van der Waals surface area contributed by atoms with Gasteiger partial charge in [-0.25, -0.2) is 0 Å². The van der Waals surface area contributed by atoms with Gasteiger partial charge >= 0.3 is 0 Å². The molecular formula is C75H91ClN14O13. The van der Waals surface area contributed by atoms with Crippen LogP contribution < -0.4 is 59.3 Å². The van der Waals surface area contributed by atoms with Crippen LogP contribution >= 0.6 is 11.6 Å². The highest BCUT2D eigenvalue weighted by Crippen LogP contribution is 2.24. The van der Waals surface area contributed by atoms with Crippen LogP contribution in [0.2, 0.25) is 5.02 Å². The number of para-hydroxylation sites is 1. The number of benzene rings is 5. The third kappa shape index (κ3) is 22.9. The minimum Gasteiger partial charge on any atom is -0.508 e. The molecule has 1 aliphatic rings. The van der Waals surface area contributed by atoms with Gasteiger partial charge in [0, 0.05) is 80.1 Å². The number of aliphatic hydroxyl groups excluding tert-OH is 1. The van der Waals surface area contributed by atoms with E-state index in [4.69, 9.17) is 23.1 Å². The number of nitrogens with two attached hydrogens (primary N) is 2. The number of carbonyl (C=O) groups excluding carboxylic acids is 11. The summed E-state index contributed by atoms with van der Waals surface area (Å²) < 4.78 is 0. The average molecular weight is 1430 g/mol. The number of rotatable bonds is 36. The lowest BCUT2D eigenvalue weighted by Gasteiger charge is -2.31. The number of nitrogens with one attached hydrogen (secondary N) is 10. The number of nitrogens with zero attached hydrogens (tertiary/aromatic N) is 2. The number of phenols is 1. The number of primary amides is 1. The van der Waals surface area contributed by atoms with Gasteiger partial charge in [-0.15, -0.1) is 0 Å². The number of fused-ring (bicyclic) bond motifs is 2. The number of aliphatic hydroxyl groups is 1. The molecule has 16 N–H and O–H groups in total. The van der Waals surface area contributed by atoms with Crippen molar-refractivity contribution in [2.45, 2.75) is 159 Å². The smallest absolute Gasteiger partial charge is 0.245 e. The molecule has 8 rings (SSSR count). The van der Waals surface area contributed by atoms with Crippen molar-refractivity contribution in [2.75, 3.05) is 19.7 Å². The summed E-state index contributed by atoms with van der Waals surface area (Å²) in [6, 6.07) is 22.5. The molecule has 103 heavy (non-hydrogen) atoms. The molecule has 3 heterocycles. The Bertz CT molecular complexity index is 4120. The molecule has 2 aromatic heterocycles. The minimum absolute atomic E-state index is 0.0395. The van der Waals surface area contributed by atoms with Crippen LogP contribution in [-0.4, -0.2) is 170 Å². The van der Waals surface area contributed by atoms with Gasteiger partial charge in [0.05, 0.1) is 6.61 Å². The zero-order chi connectivity index (χ0) is 74.3. The van der Waals surface area contributed by atoms with Gasteiger partial charge in [0.15, 0.2) is 0 Å². The number of amides is 11. The van der Waals surface area contributed by atoms with E-state index in [2.05, 4.69) is 57.8 Å². The van der Waals surface area contributed by atoms with Crippen LogP contribution in [0.1, 0.15) is 94.0 Å². The Morgan fingerprint density at radius 1 is 0.573 bits per heavy atom. The molecule has 0 spiro atoms. The lowest BCUT2D eigenvalue weighted by molar-refractivity contribution is -0.142. The number of unbranched alkanes of at least 4 members (excludes halogenated alkanes) is 1. The molecule has 1 fully saturated rings. The molecule has 7 aromatic rings. The second-order valence-electron chi connectivity index (χ2n) is 26.3. The zero-order valence-electron chi connectivity index (χ0n) is 57.9. The lowest BCUT2D eigenvalue weighted by atomic mass is 9.99. The number of likely N-dealkylation sites (tertiary alicyclic amines) is 1. The topological polar surface area (TPSA) is 420 Å². The minimum atomic E-state index is -1.81. The Balaban J connectivity index is 1.04. The first-order valence-electron chi connectivity index (χ1n) is 34.4. The largest absolute Gasteiger partial charge is 0.508 e. The predicted octanol–water partition coefficient (Wildman–Crippen LogP) is 2.64. The first-order chi connectivity index (χ1) is 49.4. The molecule has 0 radical (unpaired) electrons. The molecule has 0 bridgehead atoms. The second kappa shape index (κ2) is 37.8. The molecule has 1 saturated heterocycles. The monoisotopic (exact) mass is 1430 g/mol. The van der Waals surface area contributed by atoms with Gasteiger partial charge in [-0.2, -0.15) is 0 Å². The van der Waals surface area contributed by atoms with Gasteiger partial charge in [0.25, 0.3) is 0 Å². The number of aromatic nitrogens is 2. The highest BCUT2D eigenvalue weighted by Gasteiger charge is 2.41. The number of carbonyl (C=O) groups is 11. The standard InChI is InChI=1S/C75H91ClN14O13/c1-43(2)33-63(75(103)90-32-12-19-65(90)74(102)81-44(3)66(78)94)88-72(100)62(39-52-41-80-56-17-8-7-16-55(52)56)87-67(95)57(18-9-10-30-77)83-69(97)59(36-47-23-28-54(93)29-24-47)86-73(101)64(42-91)89-71(99)61(38-49-13-11-31-79-40-49)85-70(98)60(35-46-21-26-53(76)27-22-46)84-68(96)58(82-45(4)92)37-48-20-25-50-14-5-6-15-51(50)34-48/h5-8,11,13-17,20-29,31,34,40-41,43-44,57-65,80,91,93H,9-10,12,18-19,30,32-33,35-39,42,77H2,1-4H3,(H2,78,94)(H,81,102)(H,82,92)(H,83,97)(H,84,96)(H,85,98)(H,86,101)(H,87,95)(H,88,100)(H,89,99)/t44-,57-,58-,59+,60-,61-,62+,63+,64+,65+/m1/s1. The van der Waals surface area contributed by atoms with Crippen molar-refractivity contribution in [1.82, 2.24) is 62.7 Å². The quantitative estimate of drug-likeness (QED) is 0.0251. The number of pyridine rings is 1. The Labute approximate surface area is 601 Å². The van der Waals surface area contributed by atoms with Crippen molar-refractivity contribution in [3.8, 4) is 5.75 Å². The molecule has 10 atom stereocenters. The highest BCUT2D eigenvalue weighted by molar-refractivity contribution is 6.30. The molecular weight excluding hydrogens is 1340 g/mol. The molecule has 11 amide bonds. The summed E-state index contributed by atoms with van der Waals surface area (Å²) in [5.74, 6) is -8.89. The van der Waals surface area contributed by atoms with Crippen molar-refractivity contribution in [3.05, 3.63) is 179 Å². The maximum absolute atomic E-state index is 15.0. The molecule has 0 saturated carbocycles. The van der Waals surface area contributed by atoms with Crippen molar-refractivity contribution in [1.29, 1.82) is 0 Å². The Morgan fingerprint density at radius 3 is 1.67 bits per heavy atom. The summed E-state index contributed by atoms with van der Waals surface area (Å²) in [7, 11) is 0. The third-order valence-corrected chi connectivity index (χ3v) is 18.1. The van der Waals surface area contributed by atoms with E-state index in [0.29, 0.717) is 45.7 Å². The van der Waals surface area contributed by atoms with Crippen molar-refractivity contribution in [2.24, 2.45) is 17.4 Å². The van der Waals surface area contributed by atoms with Gasteiger partial charge in [-0.1, -0.05) is 116 Å². The lowest BCUT2D eigenvalue weighted by Crippen LogP contribution is -2.61. The summed E-state index contributed by atoms with van der Waals surface area (Å²) in [5, 5.41) is 48.6. The number of H-pyrrole nitrogens is 1. The summed E-state index contributed by atoms with van der Waals surface area (Å²) in [6.45, 7) is 5.73. The number of hydrogen-bond acceptors (Lipinski definition) is 15. The van der Waals surface area contributed by atoms with Crippen LogP contribution in [0.15, 0.2) is 146 Å². The van der Waals surface area contributed by atoms with E-state index in [-0.39, 0.29) is 82.5 Å². The van der Waals surface area contributed by atoms with Gasteiger partial charge in [-0.3, -0.25) is 57.7 Å². The van der Waals surface area contributed by atoms with Crippen LogP contribution in [0.25, 0.3) is 21.7 Å². The van der Waals surface area contributed by atoms with Crippen LogP contribution in [0.5, 0.6) is 5.75 Å². The summed E-state index contributed by atoms with van der Waals surface area (Å²) in [4.78, 5) is 165. The number of aromatic hydroxyl groups is 1. The Morgan fingerprint density at radius 2 is 1.09 bits per heavy atom. The number of hydrogen-bond donors (Lipinski definition) is 14. The van der Waals surface area contributed by atoms with Crippen molar-refractivity contribution < 1.29 is 63.0 Å². The van der Waals surface area contributed by atoms with E-state index in [1.165, 1.54) is 55.4 Å². The summed E-state index contributed by atoms with van der Waals surface area (Å²) >= 11 is 6.24. The summed E-state index contributed by atoms with van der Waals surface area (Å²) in [6.07, 6.45) is 5.41. The van der Waals surface area contributed by atoms with Crippen LogP contribution in [0.4, 0.5) is 0 Å².